The monoisotopic (exact) mass is 276 g/mol. The number of thiazole rings is 1. The highest BCUT2D eigenvalue weighted by Gasteiger charge is 2.12. The van der Waals surface area contributed by atoms with Gasteiger partial charge in [-0.15, -0.1) is 11.3 Å². The van der Waals surface area contributed by atoms with Gasteiger partial charge >= 0.3 is 0 Å². The molecule has 4 nitrogen and oxygen atoms in total. The van der Waals surface area contributed by atoms with Crippen LogP contribution in [-0.2, 0) is 0 Å². The summed E-state index contributed by atoms with van der Waals surface area (Å²) in [5.74, 6) is 1.09. The Bertz CT molecular complexity index is 562. The summed E-state index contributed by atoms with van der Waals surface area (Å²) in [5, 5.41) is 4.40. The maximum Gasteiger partial charge on any atom is 0.223 e. The van der Waals surface area contributed by atoms with Gasteiger partial charge in [0.15, 0.2) is 0 Å². The average molecular weight is 276 g/mol. The minimum atomic E-state index is 0.125. The molecule has 0 aliphatic rings. The fourth-order valence-electron chi connectivity index (χ4n) is 1.78. The molecule has 0 radical (unpaired) electrons. The van der Waals surface area contributed by atoms with Gasteiger partial charge in [-0.3, -0.25) is 0 Å². The van der Waals surface area contributed by atoms with Gasteiger partial charge in [-0.25, -0.2) is 15.0 Å². The van der Waals surface area contributed by atoms with Crippen molar-refractivity contribution in [3.8, 4) is 0 Å². The highest BCUT2D eigenvalue weighted by Crippen LogP contribution is 2.22. The topological polar surface area (TPSA) is 50.7 Å². The molecule has 2 rings (SSSR count). The summed E-state index contributed by atoms with van der Waals surface area (Å²) in [7, 11) is 0. The van der Waals surface area contributed by atoms with E-state index in [1.807, 2.05) is 19.2 Å². The van der Waals surface area contributed by atoms with Gasteiger partial charge in [0.2, 0.25) is 5.95 Å². The third kappa shape index (κ3) is 3.50. The van der Waals surface area contributed by atoms with Crippen LogP contribution in [-0.4, -0.2) is 15.0 Å². The van der Waals surface area contributed by atoms with Gasteiger partial charge in [0, 0.05) is 22.5 Å². The fraction of sp³-hybridized carbons (Fsp3) is 0.500. The van der Waals surface area contributed by atoms with Crippen LogP contribution >= 0.6 is 11.3 Å². The van der Waals surface area contributed by atoms with Gasteiger partial charge in [0.25, 0.3) is 0 Å². The number of aryl methyl sites for hydroxylation is 2. The fourth-order valence-corrected chi connectivity index (χ4v) is 2.56. The van der Waals surface area contributed by atoms with E-state index in [2.05, 4.69) is 48.0 Å². The predicted octanol–water partition coefficient (Wildman–Crippen LogP) is 3.85. The molecule has 0 saturated carbocycles. The molecule has 0 aliphatic carbocycles. The van der Waals surface area contributed by atoms with Crippen LogP contribution in [0.2, 0.25) is 0 Å². The molecule has 1 atom stereocenters. The lowest BCUT2D eigenvalue weighted by Gasteiger charge is -2.13. The first kappa shape index (κ1) is 13.9. The van der Waals surface area contributed by atoms with E-state index in [-0.39, 0.29) is 6.04 Å². The molecule has 2 aromatic heterocycles. The Morgan fingerprint density at radius 2 is 1.89 bits per heavy atom. The molecule has 0 aromatic carbocycles. The molecular weight excluding hydrogens is 256 g/mol. The number of aromatic nitrogens is 3. The summed E-state index contributed by atoms with van der Waals surface area (Å²) in [5.41, 5.74) is 2.06. The van der Waals surface area contributed by atoms with Crippen molar-refractivity contribution in [2.75, 3.05) is 5.32 Å². The zero-order chi connectivity index (χ0) is 14.0. The SMILES string of the molecule is Cc1cc(C(C)C)nc(NC(C)c2ncc(C)s2)n1. The van der Waals surface area contributed by atoms with Crippen LogP contribution in [0.1, 0.15) is 54.0 Å². The lowest BCUT2D eigenvalue weighted by atomic mass is 10.1. The van der Waals surface area contributed by atoms with Crippen molar-refractivity contribution in [1.82, 2.24) is 15.0 Å². The summed E-state index contributed by atoms with van der Waals surface area (Å²) < 4.78 is 0. The molecule has 0 fully saturated rings. The van der Waals surface area contributed by atoms with Crippen molar-refractivity contribution in [1.29, 1.82) is 0 Å². The third-order valence-electron chi connectivity index (χ3n) is 2.82. The van der Waals surface area contributed by atoms with E-state index in [9.17, 15) is 0 Å². The average Bonchev–Trinajstić information content (AvgIpc) is 2.75. The van der Waals surface area contributed by atoms with E-state index < -0.39 is 0 Å². The lowest BCUT2D eigenvalue weighted by molar-refractivity contribution is 0.791. The number of rotatable bonds is 4. The molecule has 2 heterocycles. The van der Waals surface area contributed by atoms with Gasteiger partial charge in [-0.05, 0) is 32.8 Å². The van der Waals surface area contributed by atoms with Gasteiger partial charge in [-0.2, -0.15) is 0 Å². The first-order chi connectivity index (χ1) is 8.95. The molecule has 0 bridgehead atoms. The Morgan fingerprint density at radius 1 is 1.16 bits per heavy atom. The second-order valence-electron chi connectivity index (χ2n) is 5.09. The molecule has 2 aromatic rings. The summed E-state index contributed by atoms with van der Waals surface area (Å²) >= 11 is 1.70. The van der Waals surface area contributed by atoms with E-state index in [4.69, 9.17) is 0 Å². The van der Waals surface area contributed by atoms with Crippen molar-refractivity contribution < 1.29 is 0 Å². The zero-order valence-corrected chi connectivity index (χ0v) is 12.9. The minimum Gasteiger partial charge on any atom is -0.345 e. The maximum absolute atomic E-state index is 4.56. The summed E-state index contributed by atoms with van der Waals surface area (Å²) in [6, 6.07) is 2.16. The highest BCUT2D eigenvalue weighted by atomic mass is 32.1. The summed E-state index contributed by atoms with van der Waals surface area (Å²) in [4.78, 5) is 14.6. The van der Waals surface area contributed by atoms with Gasteiger partial charge in [-0.1, -0.05) is 13.8 Å². The Morgan fingerprint density at radius 3 is 2.47 bits per heavy atom. The minimum absolute atomic E-state index is 0.125. The summed E-state index contributed by atoms with van der Waals surface area (Å²) in [6.07, 6.45) is 1.90. The van der Waals surface area contributed by atoms with Crippen molar-refractivity contribution >= 4 is 17.3 Å². The molecule has 19 heavy (non-hydrogen) atoms. The van der Waals surface area contributed by atoms with Crippen molar-refractivity contribution in [3.05, 3.63) is 33.5 Å². The van der Waals surface area contributed by atoms with Crippen LogP contribution in [0.25, 0.3) is 0 Å². The molecule has 5 heteroatoms. The van der Waals surface area contributed by atoms with Crippen molar-refractivity contribution in [2.24, 2.45) is 0 Å². The molecule has 0 aliphatic heterocycles. The molecule has 1 N–H and O–H groups in total. The van der Waals surface area contributed by atoms with Gasteiger partial charge in [0.1, 0.15) is 5.01 Å². The number of hydrogen-bond donors (Lipinski definition) is 1. The zero-order valence-electron chi connectivity index (χ0n) is 12.1. The van der Waals surface area contributed by atoms with Crippen LogP contribution < -0.4 is 5.32 Å². The smallest absolute Gasteiger partial charge is 0.223 e. The molecule has 102 valence electrons. The quantitative estimate of drug-likeness (QED) is 0.921. The molecule has 0 spiro atoms. The van der Waals surface area contributed by atoms with Crippen molar-refractivity contribution in [2.45, 2.75) is 46.6 Å². The number of nitrogens with zero attached hydrogens (tertiary/aromatic N) is 3. The van der Waals surface area contributed by atoms with Crippen LogP contribution in [0.3, 0.4) is 0 Å². The number of nitrogens with one attached hydrogen (secondary N) is 1. The van der Waals surface area contributed by atoms with E-state index in [0.717, 1.165) is 16.4 Å². The Labute approximate surface area is 118 Å². The second kappa shape index (κ2) is 5.65. The number of hydrogen-bond acceptors (Lipinski definition) is 5. The van der Waals surface area contributed by atoms with Crippen LogP contribution in [0, 0.1) is 13.8 Å². The Balaban J connectivity index is 2.18. The largest absolute Gasteiger partial charge is 0.345 e. The third-order valence-corrected chi connectivity index (χ3v) is 3.92. The predicted molar refractivity (Wildman–Crippen MR) is 79.7 cm³/mol. The molecular formula is C14H20N4S. The van der Waals surface area contributed by atoms with Crippen LogP contribution in [0.4, 0.5) is 5.95 Å². The molecule has 0 saturated heterocycles. The Hall–Kier alpha value is -1.49. The van der Waals surface area contributed by atoms with Crippen molar-refractivity contribution in [3.63, 3.8) is 0 Å². The maximum atomic E-state index is 4.56. The van der Waals surface area contributed by atoms with E-state index in [1.54, 1.807) is 11.3 Å². The molecule has 0 amide bonds. The first-order valence-electron chi connectivity index (χ1n) is 6.50. The lowest BCUT2D eigenvalue weighted by Crippen LogP contribution is -2.11. The van der Waals surface area contributed by atoms with Crippen LogP contribution in [0.15, 0.2) is 12.3 Å². The first-order valence-corrected chi connectivity index (χ1v) is 7.32. The Kier molecular flexibility index (Phi) is 4.14. The van der Waals surface area contributed by atoms with E-state index in [0.29, 0.717) is 11.9 Å². The second-order valence-corrected chi connectivity index (χ2v) is 6.35. The van der Waals surface area contributed by atoms with Gasteiger partial charge < -0.3 is 5.32 Å². The van der Waals surface area contributed by atoms with Crippen LogP contribution in [0.5, 0.6) is 0 Å². The van der Waals surface area contributed by atoms with Gasteiger partial charge in [0.05, 0.1) is 6.04 Å². The summed E-state index contributed by atoms with van der Waals surface area (Å²) in [6.45, 7) is 10.4. The van der Waals surface area contributed by atoms with E-state index in [1.165, 1.54) is 4.88 Å². The van der Waals surface area contributed by atoms with E-state index >= 15 is 0 Å². The number of anilines is 1. The highest BCUT2D eigenvalue weighted by molar-refractivity contribution is 7.11. The normalized spacial score (nSPS) is 12.7. The molecule has 1 unspecified atom stereocenters. The standard InChI is InChI=1S/C14H20N4S/c1-8(2)12-6-9(3)16-14(18-12)17-11(5)13-15-7-10(4)19-13/h6-8,11H,1-5H3,(H,16,17,18).